The van der Waals surface area contributed by atoms with E-state index >= 15 is 0 Å². The zero-order valence-corrected chi connectivity index (χ0v) is 16.8. The van der Waals surface area contributed by atoms with E-state index in [2.05, 4.69) is 9.98 Å². The maximum Gasteiger partial charge on any atom is 0.215 e. The van der Waals surface area contributed by atoms with E-state index in [0.29, 0.717) is 6.54 Å². The summed E-state index contributed by atoms with van der Waals surface area (Å²) in [5.74, 6) is 0.173. The van der Waals surface area contributed by atoms with Gasteiger partial charge in [0.1, 0.15) is 6.34 Å². The highest BCUT2D eigenvalue weighted by molar-refractivity contribution is 7.10. The lowest BCUT2D eigenvalue weighted by molar-refractivity contribution is 0.439. The number of benzene rings is 3. The lowest BCUT2D eigenvalue weighted by Gasteiger charge is -2.04. The Hall–Kier alpha value is -3.77. The molecule has 3 aromatic carbocycles. The summed E-state index contributed by atoms with van der Waals surface area (Å²) in [5.41, 5.74) is 2.83. The van der Waals surface area contributed by atoms with Crippen LogP contribution in [0.5, 0.6) is 5.88 Å². The number of aliphatic imine (C=N–C) groups is 1. The number of nitrogens with zero attached hydrogens (tertiary/aromatic N) is 4. The maximum absolute atomic E-state index is 11.0. The van der Waals surface area contributed by atoms with Crippen LogP contribution in [0.2, 0.25) is 0 Å². The van der Waals surface area contributed by atoms with Gasteiger partial charge in [-0.3, -0.25) is 9.56 Å². The zero-order chi connectivity index (χ0) is 20.3. The van der Waals surface area contributed by atoms with E-state index < -0.39 is 0 Å². The van der Waals surface area contributed by atoms with Crippen LogP contribution in [0.4, 0.5) is 5.69 Å². The molecule has 0 spiro atoms. The molecule has 0 saturated carbocycles. The second-order valence-corrected chi connectivity index (χ2v) is 7.82. The van der Waals surface area contributed by atoms with Crippen LogP contribution in [0, 0.1) is 0 Å². The summed E-state index contributed by atoms with van der Waals surface area (Å²) in [7, 11) is 0. The van der Waals surface area contributed by atoms with Crippen molar-refractivity contribution < 1.29 is 5.11 Å². The summed E-state index contributed by atoms with van der Waals surface area (Å²) in [4.78, 5) is 14.7. The lowest BCUT2D eigenvalue weighted by atomic mass is 10.2. The fourth-order valence-electron chi connectivity index (χ4n) is 3.29. The molecule has 146 valence electrons. The molecule has 4 aromatic rings. The number of fused-ring (bicyclic) bond motifs is 1. The molecule has 5 nitrogen and oxygen atoms in total. The fourth-order valence-corrected chi connectivity index (χ4v) is 4.27. The standard InChI is InChI=1S/C24H18N4OS/c29-23-22(14-18-11-12-20-21(13-18)27-16-26-20)30-24(25-15-17-7-3-1-4-8-17)28(23)19-9-5-2-6-10-19/h1-14,16,29H,15H2. The van der Waals surface area contributed by atoms with Crippen molar-refractivity contribution in [2.75, 3.05) is 0 Å². The highest BCUT2D eigenvalue weighted by Gasteiger charge is 2.12. The smallest absolute Gasteiger partial charge is 0.215 e. The minimum Gasteiger partial charge on any atom is -0.493 e. The quantitative estimate of drug-likeness (QED) is 0.550. The predicted molar refractivity (Wildman–Crippen MR) is 120 cm³/mol. The zero-order valence-electron chi connectivity index (χ0n) is 16.0. The van der Waals surface area contributed by atoms with Gasteiger partial charge in [0.05, 0.1) is 28.2 Å². The molecule has 0 aliphatic carbocycles. The largest absolute Gasteiger partial charge is 0.493 e. The van der Waals surface area contributed by atoms with Gasteiger partial charge < -0.3 is 5.11 Å². The van der Waals surface area contributed by atoms with Crippen LogP contribution in [-0.4, -0.2) is 16.0 Å². The molecule has 0 fully saturated rings. The third kappa shape index (κ3) is 3.60. The Morgan fingerprint density at radius 1 is 0.967 bits per heavy atom. The Labute approximate surface area is 177 Å². The van der Waals surface area contributed by atoms with Gasteiger partial charge in [-0.05, 0) is 41.1 Å². The second-order valence-electron chi connectivity index (χ2n) is 6.81. The molecule has 0 atom stereocenters. The van der Waals surface area contributed by atoms with Gasteiger partial charge in [0.25, 0.3) is 0 Å². The first-order chi connectivity index (χ1) is 14.8. The van der Waals surface area contributed by atoms with Crippen LogP contribution in [0.3, 0.4) is 0 Å². The van der Waals surface area contributed by atoms with Crippen LogP contribution in [0.1, 0.15) is 10.4 Å². The number of aromatic hydroxyl groups is 1. The highest BCUT2D eigenvalue weighted by Crippen LogP contribution is 2.24. The van der Waals surface area contributed by atoms with Crippen LogP contribution in [-0.2, 0) is 6.54 Å². The number of hydrogen-bond donors (Lipinski definition) is 1. The predicted octanol–water partition coefficient (Wildman–Crippen LogP) is 3.47. The summed E-state index contributed by atoms with van der Waals surface area (Å²) < 4.78 is 1.79. The van der Waals surface area contributed by atoms with Crippen molar-refractivity contribution in [3.63, 3.8) is 0 Å². The molecule has 1 N–H and O–H groups in total. The first-order valence-corrected chi connectivity index (χ1v) is 10.4. The summed E-state index contributed by atoms with van der Waals surface area (Å²) in [6.45, 7) is 0.544. The van der Waals surface area contributed by atoms with E-state index in [1.165, 1.54) is 11.3 Å². The molecule has 30 heavy (non-hydrogen) atoms. The molecule has 2 heterocycles. The number of rotatable bonds is 4. The van der Waals surface area contributed by atoms with Crippen molar-refractivity contribution in [1.82, 2.24) is 4.57 Å². The van der Waals surface area contributed by atoms with E-state index in [1.807, 2.05) is 84.9 Å². The Morgan fingerprint density at radius 3 is 2.53 bits per heavy atom. The van der Waals surface area contributed by atoms with E-state index in [0.717, 1.165) is 37.2 Å². The van der Waals surface area contributed by atoms with Crippen LogP contribution in [0.25, 0.3) is 11.8 Å². The molecule has 0 saturated heterocycles. The van der Waals surface area contributed by atoms with Crippen molar-refractivity contribution in [3.05, 3.63) is 105 Å². The minimum absolute atomic E-state index is 0.173. The first kappa shape index (κ1) is 18.3. The second kappa shape index (κ2) is 7.93. The molecule has 1 aliphatic heterocycles. The number of para-hydroxylation sites is 1. The van der Waals surface area contributed by atoms with E-state index in [1.54, 1.807) is 10.9 Å². The van der Waals surface area contributed by atoms with Gasteiger partial charge in [0, 0.05) is 0 Å². The summed E-state index contributed by atoms with van der Waals surface area (Å²) in [6, 6.07) is 25.8. The van der Waals surface area contributed by atoms with Crippen LogP contribution < -0.4 is 15.4 Å². The number of aromatic nitrogens is 1. The lowest BCUT2D eigenvalue weighted by Crippen LogP contribution is -2.12. The van der Waals surface area contributed by atoms with Gasteiger partial charge in [-0.15, -0.1) is 0 Å². The molecule has 0 unspecified atom stereocenters. The molecule has 1 aromatic heterocycles. The van der Waals surface area contributed by atoms with Gasteiger partial charge in [0.15, 0.2) is 4.80 Å². The fraction of sp³-hybridized carbons (Fsp3) is 0.0417. The summed E-state index contributed by atoms with van der Waals surface area (Å²) in [6.07, 6.45) is 3.51. The first-order valence-electron chi connectivity index (χ1n) is 9.55. The van der Waals surface area contributed by atoms with Crippen molar-refractivity contribution in [2.24, 2.45) is 15.0 Å². The molecular formula is C24H18N4OS. The van der Waals surface area contributed by atoms with Crippen molar-refractivity contribution in [1.29, 1.82) is 0 Å². The summed E-state index contributed by atoms with van der Waals surface area (Å²) >= 11 is 1.46. The van der Waals surface area contributed by atoms with Gasteiger partial charge in [-0.2, -0.15) is 0 Å². The van der Waals surface area contributed by atoms with E-state index in [9.17, 15) is 5.11 Å². The van der Waals surface area contributed by atoms with Crippen molar-refractivity contribution in [2.45, 2.75) is 6.54 Å². The van der Waals surface area contributed by atoms with Crippen molar-refractivity contribution in [3.8, 4) is 11.6 Å². The average molecular weight is 411 g/mol. The van der Waals surface area contributed by atoms with Gasteiger partial charge in [-0.1, -0.05) is 65.9 Å². The Kier molecular flexibility index (Phi) is 4.83. The minimum atomic E-state index is 0.173. The Balaban J connectivity index is 1.64. The molecule has 0 bridgehead atoms. The third-order valence-electron chi connectivity index (χ3n) is 4.77. The normalized spacial score (nSPS) is 13.5. The van der Waals surface area contributed by atoms with Crippen LogP contribution >= 0.6 is 11.3 Å². The monoisotopic (exact) mass is 410 g/mol. The Bertz CT molecular complexity index is 1420. The van der Waals surface area contributed by atoms with Crippen LogP contribution in [0.15, 0.2) is 93.8 Å². The van der Waals surface area contributed by atoms with Crippen molar-refractivity contribution >= 4 is 29.4 Å². The molecule has 5 rings (SSSR count). The Morgan fingerprint density at radius 2 is 1.73 bits per heavy atom. The van der Waals surface area contributed by atoms with Gasteiger partial charge in [-0.25, -0.2) is 9.98 Å². The molecule has 0 radical (unpaired) electrons. The number of thiazole rings is 1. The van der Waals surface area contributed by atoms with Gasteiger partial charge >= 0.3 is 0 Å². The third-order valence-corrected chi connectivity index (χ3v) is 5.78. The molecular weight excluding hydrogens is 392 g/mol. The van der Waals surface area contributed by atoms with Gasteiger partial charge in [0.2, 0.25) is 5.88 Å². The molecule has 6 heteroatoms. The number of hydrogen-bond acceptors (Lipinski definition) is 5. The highest BCUT2D eigenvalue weighted by atomic mass is 32.1. The van der Waals surface area contributed by atoms with E-state index in [4.69, 9.17) is 4.99 Å². The average Bonchev–Trinajstić information content (AvgIpc) is 3.38. The SMILES string of the molecule is Oc1c(C=c2ccc3c(c2)N=CN=3)sc(=NCc2ccccc2)n1-c1ccccc1. The summed E-state index contributed by atoms with van der Waals surface area (Å²) in [5, 5.41) is 12.9. The molecule has 1 aliphatic rings. The molecule has 0 amide bonds. The maximum atomic E-state index is 11.0. The van der Waals surface area contributed by atoms with E-state index in [-0.39, 0.29) is 5.88 Å². The topological polar surface area (TPSA) is 62.2 Å².